The van der Waals surface area contributed by atoms with Crippen LogP contribution in [0.1, 0.15) is 16.8 Å². The highest BCUT2D eigenvalue weighted by Gasteiger charge is 2.01. The average molecular weight is 342 g/mol. The van der Waals surface area contributed by atoms with Crippen molar-refractivity contribution in [1.29, 1.82) is 0 Å². The van der Waals surface area contributed by atoms with Crippen molar-refractivity contribution >= 4 is 32.5 Å². The van der Waals surface area contributed by atoms with E-state index >= 15 is 0 Å². The van der Waals surface area contributed by atoms with Crippen LogP contribution in [0, 0.1) is 13.8 Å². The summed E-state index contributed by atoms with van der Waals surface area (Å²) in [6.07, 6.45) is 1.84. The summed E-state index contributed by atoms with van der Waals surface area (Å²) in [6, 6.07) is 12.6. The highest BCUT2D eigenvalue weighted by atomic mass is 79.9. The van der Waals surface area contributed by atoms with Crippen molar-refractivity contribution in [2.75, 3.05) is 5.32 Å². The molecule has 0 aliphatic rings. The molecule has 1 aromatic carbocycles. The Morgan fingerprint density at radius 1 is 1.10 bits per heavy atom. The molecule has 3 rings (SSSR count). The van der Waals surface area contributed by atoms with Crippen LogP contribution in [0.15, 0.2) is 47.2 Å². The van der Waals surface area contributed by atoms with E-state index in [9.17, 15) is 0 Å². The molecule has 0 bridgehead atoms. The van der Waals surface area contributed by atoms with Crippen molar-refractivity contribution in [3.8, 4) is 0 Å². The van der Waals surface area contributed by atoms with Crippen molar-refractivity contribution in [2.24, 2.45) is 0 Å². The van der Waals surface area contributed by atoms with Gasteiger partial charge in [-0.25, -0.2) is 4.98 Å². The van der Waals surface area contributed by atoms with Gasteiger partial charge < -0.3 is 5.32 Å². The minimum atomic E-state index is 0.770. The summed E-state index contributed by atoms with van der Waals surface area (Å²) < 4.78 is 0.889. The first-order valence-corrected chi connectivity index (χ1v) is 7.63. The number of aromatic nitrogens is 2. The molecule has 0 aliphatic heterocycles. The Bertz CT molecular complexity index is 799. The second kappa shape index (κ2) is 5.82. The number of aryl methyl sites for hydroxylation is 2. The lowest BCUT2D eigenvalue weighted by Crippen LogP contribution is -2.00. The molecule has 0 radical (unpaired) electrons. The third-order valence-corrected chi connectivity index (χ3v) is 4.23. The Kier molecular flexibility index (Phi) is 3.88. The van der Waals surface area contributed by atoms with Gasteiger partial charge in [0.25, 0.3) is 0 Å². The molecule has 2 aromatic heterocycles. The Hall–Kier alpha value is -1.94. The molecule has 0 aliphatic carbocycles. The van der Waals surface area contributed by atoms with Crippen LogP contribution in [0.4, 0.5) is 5.69 Å². The van der Waals surface area contributed by atoms with Crippen LogP contribution in [-0.2, 0) is 6.54 Å². The Morgan fingerprint density at radius 3 is 2.76 bits per heavy atom. The summed E-state index contributed by atoms with van der Waals surface area (Å²) in [5, 5.41) is 4.57. The van der Waals surface area contributed by atoms with Crippen LogP contribution < -0.4 is 5.32 Å². The SMILES string of the molecule is Cc1ccc2cc(CNc3cnc(Br)c(C)c3)ccc2n1. The summed E-state index contributed by atoms with van der Waals surface area (Å²) in [4.78, 5) is 8.82. The number of benzene rings is 1. The molecule has 0 amide bonds. The van der Waals surface area contributed by atoms with Gasteiger partial charge in [-0.2, -0.15) is 0 Å². The molecule has 106 valence electrons. The van der Waals surface area contributed by atoms with Crippen LogP contribution >= 0.6 is 15.9 Å². The highest BCUT2D eigenvalue weighted by Crippen LogP contribution is 2.19. The number of hydrogen-bond donors (Lipinski definition) is 1. The Balaban J connectivity index is 1.78. The molecule has 0 saturated carbocycles. The molecule has 3 aromatic rings. The van der Waals surface area contributed by atoms with Gasteiger partial charge in [-0.3, -0.25) is 4.98 Å². The Morgan fingerprint density at radius 2 is 1.95 bits per heavy atom. The van der Waals surface area contributed by atoms with Crippen molar-refractivity contribution in [3.63, 3.8) is 0 Å². The molecule has 0 unspecified atom stereocenters. The molecule has 2 heterocycles. The predicted molar refractivity (Wildman–Crippen MR) is 90.5 cm³/mol. The smallest absolute Gasteiger partial charge is 0.109 e. The summed E-state index contributed by atoms with van der Waals surface area (Å²) in [5.41, 5.74) is 5.47. The number of fused-ring (bicyclic) bond motifs is 1. The van der Waals surface area contributed by atoms with E-state index in [2.05, 4.69) is 61.5 Å². The van der Waals surface area contributed by atoms with Crippen LogP contribution in [0.2, 0.25) is 0 Å². The number of halogens is 1. The van der Waals surface area contributed by atoms with E-state index in [0.717, 1.165) is 33.6 Å². The number of hydrogen-bond acceptors (Lipinski definition) is 3. The van der Waals surface area contributed by atoms with Crippen molar-refractivity contribution in [3.05, 3.63) is 64.0 Å². The first-order valence-electron chi connectivity index (χ1n) is 6.84. The quantitative estimate of drug-likeness (QED) is 0.706. The fourth-order valence-corrected chi connectivity index (χ4v) is 2.46. The molecule has 1 N–H and O–H groups in total. The molecule has 4 heteroatoms. The normalized spacial score (nSPS) is 10.8. The van der Waals surface area contributed by atoms with Crippen LogP contribution in [-0.4, -0.2) is 9.97 Å². The molecule has 0 fully saturated rings. The van der Waals surface area contributed by atoms with E-state index in [1.54, 1.807) is 0 Å². The third kappa shape index (κ3) is 3.22. The van der Waals surface area contributed by atoms with Gasteiger partial charge in [0.1, 0.15) is 4.60 Å². The molecule has 3 nitrogen and oxygen atoms in total. The fraction of sp³-hybridized carbons (Fsp3) is 0.176. The zero-order valence-electron chi connectivity index (χ0n) is 12.0. The first kappa shape index (κ1) is 14.0. The van der Waals surface area contributed by atoms with E-state index in [-0.39, 0.29) is 0 Å². The van der Waals surface area contributed by atoms with Crippen LogP contribution in [0.5, 0.6) is 0 Å². The van der Waals surface area contributed by atoms with Crippen molar-refractivity contribution < 1.29 is 0 Å². The van der Waals surface area contributed by atoms with Gasteiger partial charge in [0.2, 0.25) is 0 Å². The van der Waals surface area contributed by atoms with Crippen molar-refractivity contribution in [1.82, 2.24) is 9.97 Å². The molecule has 0 saturated heterocycles. The van der Waals surface area contributed by atoms with Gasteiger partial charge in [0.15, 0.2) is 0 Å². The van der Waals surface area contributed by atoms with Gasteiger partial charge in [0, 0.05) is 17.6 Å². The van der Waals surface area contributed by atoms with Gasteiger partial charge in [-0.05, 0) is 65.2 Å². The molecule has 0 atom stereocenters. The maximum absolute atomic E-state index is 4.52. The van der Waals surface area contributed by atoms with E-state index in [4.69, 9.17) is 0 Å². The second-order valence-corrected chi connectivity index (χ2v) is 5.92. The van der Waals surface area contributed by atoms with Gasteiger partial charge in [-0.15, -0.1) is 0 Å². The number of rotatable bonds is 3. The number of nitrogens with one attached hydrogen (secondary N) is 1. The lowest BCUT2D eigenvalue weighted by Gasteiger charge is -2.08. The van der Waals surface area contributed by atoms with Crippen LogP contribution in [0.3, 0.4) is 0 Å². The number of pyridine rings is 2. The number of nitrogens with zero attached hydrogens (tertiary/aromatic N) is 2. The van der Waals surface area contributed by atoms with Gasteiger partial charge >= 0.3 is 0 Å². The lowest BCUT2D eigenvalue weighted by molar-refractivity contribution is 1.12. The molecular formula is C17H16BrN3. The summed E-state index contributed by atoms with van der Waals surface area (Å²) >= 11 is 3.41. The van der Waals surface area contributed by atoms with E-state index in [0.29, 0.717) is 0 Å². The number of anilines is 1. The zero-order chi connectivity index (χ0) is 14.8. The third-order valence-electron chi connectivity index (χ3n) is 3.40. The predicted octanol–water partition coefficient (Wildman–Crippen LogP) is 4.62. The molecule has 21 heavy (non-hydrogen) atoms. The average Bonchev–Trinajstić information content (AvgIpc) is 2.48. The van der Waals surface area contributed by atoms with E-state index < -0.39 is 0 Å². The van der Waals surface area contributed by atoms with E-state index in [1.165, 1.54) is 10.9 Å². The summed E-state index contributed by atoms with van der Waals surface area (Å²) in [7, 11) is 0. The summed E-state index contributed by atoms with van der Waals surface area (Å²) in [5.74, 6) is 0. The Labute approximate surface area is 132 Å². The highest BCUT2D eigenvalue weighted by molar-refractivity contribution is 9.10. The van der Waals surface area contributed by atoms with Gasteiger partial charge in [-0.1, -0.05) is 12.1 Å². The maximum Gasteiger partial charge on any atom is 0.109 e. The second-order valence-electron chi connectivity index (χ2n) is 5.16. The monoisotopic (exact) mass is 341 g/mol. The standard InChI is InChI=1S/C17H16BrN3/c1-11-7-15(10-20-17(11)18)19-9-13-4-6-16-14(8-13)5-3-12(2)21-16/h3-8,10,19H,9H2,1-2H3. The minimum Gasteiger partial charge on any atom is -0.380 e. The minimum absolute atomic E-state index is 0.770. The van der Waals surface area contributed by atoms with Gasteiger partial charge in [0.05, 0.1) is 17.4 Å². The lowest BCUT2D eigenvalue weighted by atomic mass is 10.1. The van der Waals surface area contributed by atoms with E-state index in [1.807, 2.05) is 26.1 Å². The first-order chi connectivity index (χ1) is 10.1. The molecule has 0 spiro atoms. The molecular weight excluding hydrogens is 326 g/mol. The zero-order valence-corrected chi connectivity index (χ0v) is 13.6. The van der Waals surface area contributed by atoms with Crippen molar-refractivity contribution in [2.45, 2.75) is 20.4 Å². The topological polar surface area (TPSA) is 37.8 Å². The largest absolute Gasteiger partial charge is 0.380 e. The fourth-order valence-electron chi connectivity index (χ4n) is 2.25. The van der Waals surface area contributed by atoms with Crippen LogP contribution in [0.25, 0.3) is 10.9 Å². The maximum atomic E-state index is 4.52. The summed E-state index contributed by atoms with van der Waals surface area (Å²) in [6.45, 7) is 4.82.